The van der Waals surface area contributed by atoms with Gasteiger partial charge in [0, 0.05) is 39.9 Å². The second-order valence-electron chi connectivity index (χ2n) is 8.65. The molecule has 0 aliphatic rings. The molecular formula is C28H21ClF2N4O2. The summed E-state index contributed by atoms with van der Waals surface area (Å²) in [5.41, 5.74) is 3.76. The number of phenolic OH excluding ortho intramolecular Hbond substituents is 1. The maximum atomic E-state index is 14.0. The highest BCUT2D eigenvalue weighted by Crippen LogP contribution is 2.30. The first-order valence-corrected chi connectivity index (χ1v) is 11.8. The maximum Gasteiger partial charge on any atom is 0.225 e. The number of fused-ring (bicyclic) bond motifs is 1. The van der Waals surface area contributed by atoms with E-state index in [-0.39, 0.29) is 24.5 Å². The predicted octanol–water partition coefficient (Wildman–Crippen LogP) is 5.90. The number of hydrogen-bond donors (Lipinski definition) is 3. The third kappa shape index (κ3) is 5.59. The topological polar surface area (TPSA) is 90.9 Å². The number of carbonyl (C=O) groups is 1. The number of H-pyrrole nitrogens is 1. The van der Waals surface area contributed by atoms with Crippen molar-refractivity contribution in [3.63, 3.8) is 0 Å². The van der Waals surface area contributed by atoms with Crippen LogP contribution in [0.25, 0.3) is 22.0 Å². The van der Waals surface area contributed by atoms with Crippen LogP contribution in [0.1, 0.15) is 22.9 Å². The van der Waals surface area contributed by atoms with Crippen LogP contribution < -0.4 is 5.32 Å². The molecule has 1 amide bonds. The highest BCUT2D eigenvalue weighted by atomic mass is 35.5. The molecule has 0 spiro atoms. The Hall–Kier alpha value is -4.30. The average Bonchev–Trinajstić information content (AvgIpc) is 3.25. The number of phenols is 1. The van der Waals surface area contributed by atoms with E-state index in [2.05, 4.69) is 20.3 Å². The Morgan fingerprint density at radius 2 is 1.81 bits per heavy atom. The summed E-state index contributed by atoms with van der Waals surface area (Å²) >= 11 is 6.05. The molecule has 0 unspecified atom stereocenters. The van der Waals surface area contributed by atoms with Crippen molar-refractivity contribution in [3.05, 3.63) is 113 Å². The van der Waals surface area contributed by atoms with Gasteiger partial charge in [-0.1, -0.05) is 23.7 Å². The van der Waals surface area contributed by atoms with Gasteiger partial charge in [0.25, 0.3) is 0 Å². The number of rotatable bonds is 7. The Bertz CT molecular complexity index is 1570. The van der Waals surface area contributed by atoms with Gasteiger partial charge in [-0.15, -0.1) is 0 Å². The Balaban J connectivity index is 1.49. The first-order valence-electron chi connectivity index (χ1n) is 11.4. The standard InChI is InChI=1S/C28H21ClF2N4O2/c29-19-3-1-17(2-4-19)24-14-32-15-34-28(24)26(9-16-7-20(30)11-21(31)8-16)35-27(37)10-18-13-33-25-6-5-22(36)12-23(18)25/h1-8,11-15,26,33,36H,9-10H2,(H,35,37)/t26-/m1/s1. The fraction of sp³-hybridized carbons (Fsp3) is 0.107. The summed E-state index contributed by atoms with van der Waals surface area (Å²) in [4.78, 5) is 24.9. The Labute approximate surface area is 216 Å². The van der Waals surface area contributed by atoms with Crippen molar-refractivity contribution < 1.29 is 18.7 Å². The summed E-state index contributed by atoms with van der Waals surface area (Å²) in [6.45, 7) is 0. The van der Waals surface area contributed by atoms with Crippen LogP contribution >= 0.6 is 11.6 Å². The number of halogens is 3. The number of nitrogens with one attached hydrogen (secondary N) is 2. The number of aromatic hydroxyl groups is 1. The highest BCUT2D eigenvalue weighted by molar-refractivity contribution is 6.30. The normalized spacial score (nSPS) is 12.0. The summed E-state index contributed by atoms with van der Waals surface area (Å²) in [6.07, 6.45) is 4.80. The molecule has 5 aromatic rings. The minimum absolute atomic E-state index is 0.0127. The first-order chi connectivity index (χ1) is 17.9. The lowest BCUT2D eigenvalue weighted by Gasteiger charge is -2.21. The van der Waals surface area contributed by atoms with E-state index >= 15 is 0 Å². The number of amides is 1. The summed E-state index contributed by atoms with van der Waals surface area (Å²) in [5, 5.41) is 14.1. The summed E-state index contributed by atoms with van der Waals surface area (Å²) in [7, 11) is 0. The molecule has 0 aliphatic carbocycles. The van der Waals surface area contributed by atoms with E-state index in [4.69, 9.17) is 11.6 Å². The van der Waals surface area contributed by atoms with E-state index in [1.807, 2.05) is 12.1 Å². The van der Waals surface area contributed by atoms with Crippen LogP contribution in [0.15, 0.2) is 79.4 Å². The number of benzene rings is 3. The van der Waals surface area contributed by atoms with Gasteiger partial charge < -0.3 is 15.4 Å². The molecule has 6 nitrogen and oxygen atoms in total. The molecule has 3 aromatic carbocycles. The lowest BCUT2D eigenvalue weighted by atomic mass is 9.96. The molecule has 0 saturated heterocycles. The molecule has 0 saturated carbocycles. The maximum absolute atomic E-state index is 14.0. The second-order valence-corrected chi connectivity index (χ2v) is 9.09. The minimum atomic E-state index is -0.721. The van der Waals surface area contributed by atoms with E-state index in [0.29, 0.717) is 27.4 Å². The lowest BCUT2D eigenvalue weighted by molar-refractivity contribution is -0.121. The van der Waals surface area contributed by atoms with Gasteiger partial charge in [0.2, 0.25) is 5.91 Å². The minimum Gasteiger partial charge on any atom is -0.508 e. The molecule has 5 rings (SSSR count). The van der Waals surface area contributed by atoms with E-state index in [0.717, 1.165) is 22.5 Å². The lowest BCUT2D eigenvalue weighted by Crippen LogP contribution is -2.32. The zero-order valence-corrected chi connectivity index (χ0v) is 20.1. The fourth-order valence-corrected chi connectivity index (χ4v) is 4.51. The van der Waals surface area contributed by atoms with Crippen LogP contribution in [0, 0.1) is 11.6 Å². The van der Waals surface area contributed by atoms with E-state index in [1.54, 1.807) is 42.7 Å². The molecule has 0 fully saturated rings. The predicted molar refractivity (Wildman–Crippen MR) is 137 cm³/mol. The van der Waals surface area contributed by atoms with Crippen LogP contribution in [-0.4, -0.2) is 26.0 Å². The van der Waals surface area contributed by atoms with Crippen molar-refractivity contribution >= 4 is 28.4 Å². The molecular weight excluding hydrogens is 498 g/mol. The van der Waals surface area contributed by atoms with Crippen molar-refractivity contribution in [2.75, 3.05) is 0 Å². The van der Waals surface area contributed by atoms with Crippen molar-refractivity contribution in [2.24, 2.45) is 0 Å². The molecule has 0 bridgehead atoms. The van der Waals surface area contributed by atoms with Gasteiger partial charge in [0.15, 0.2) is 0 Å². The molecule has 1 atom stereocenters. The molecule has 2 aromatic heterocycles. The van der Waals surface area contributed by atoms with Gasteiger partial charge in [-0.25, -0.2) is 18.7 Å². The van der Waals surface area contributed by atoms with Crippen molar-refractivity contribution in [2.45, 2.75) is 18.9 Å². The summed E-state index contributed by atoms with van der Waals surface area (Å²) < 4.78 is 27.9. The van der Waals surface area contributed by atoms with Crippen molar-refractivity contribution in [3.8, 4) is 16.9 Å². The Morgan fingerprint density at radius 1 is 1.05 bits per heavy atom. The van der Waals surface area contributed by atoms with Crippen LogP contribution in [0.4, 0.5) is 8.78 Å². The van der Waals surface area contributed by atoms with Crippen molar-refractivity contribution in [1.82, 2.24) is 20.3 Å². The summed E-state index contributed by atoms with van der Waals surface area (Å²) in [6, 6.07) is 14.5. The van der Waals surface area contributed by atoms with Gasteiger partial charge in [-0.05, 0) is 65.6 Å². The zero-order chi connectivity index (χ0) is 25.9. The second kappa shape index (κ2) is 10.4. The van der Waals surface area contributed by atoms with Gasteiger partial charge in [-0.3, -0.25) is 4.79 Å². The molecule has 37 heavy (non-hydrogen) atoms. The smallest absolute Gasteiger partial charge is 0.225 e. The number of nitrogens with zero attached hydrogens (tertiary/aromatic N) is 2. The number of aromatic amines is 1. The van der Waals surface area contributed by atoms with Gasteiger partial charge in [-0.2, -0.15) is 0 Å². The Morgan fingerprint density at radius 3 is 2.57 bits per heavy atom. The highest BCUT2D eigenvalue weighted by Gasteiger charge is 2.22. The molecule has 0 radical (unpaired) electrons. The van der Waals surface area contributed by atoms with Crippen molar-refractivity contribution in [1.29, 1.82) is 0 Å². The van der Waals surface area contributed by atoms with E-state index < -0.39 is 17.7 Å². The number of aromatic nitrogens is 3. The van der Waals surface area contributed by atoms with E-state index in [1.165, 1.54) is 18.5 Å². The molecule has 9 heteroatoms. The van der Waals surface area contributed by atoms with Crippen LogP contribution in [-0.2, 0) is 17.6 Å². The van der Waals surface area contributed by atoms with E-state index in [9.17, 15) is 18.7 Å². The molecule has 3 N–H and O–H groups in total. The first kappa shape index (κ1) is 24.4. The number of hydrogen-bond acceptors (Lipinski definition) is 4. The summed E-state index contributed by atoms with van der Waals surface area (Å²) in [5.74, 6) is -1.65. The molecule has 2 heterocycles. The number of carbonyl (C=O) groups excluding carboxylic acids is 1. The van der Waals surface area contributed by atoms with Gasteiger partial charge >= 0.3 is 0 Å². The van der Waals surface area contributed by atoms with Crippen LogP contribution in [0.3, 0.4) is 0 Å². The average molecular weight is 519 g/mol. The monoisotopic (exact) mass is 518 g/mol. The quantitative estimate of drug-likeness (QED) is 0.250. The van der Waals surface area contributed by atoms with Crippen LogP contribution in [0.2, 0.25) is 5.02 Å². The SMILES string of the molecule is O=C(Cc1c[nH]c2ccc(O)cc12)N[C@H](Cc1cc(F)cc(F)c1)c1ncncc1-c1ccc(Cl)cc1. The Kier molecular flexibility index (Phi) is 6.83. The zero-order valence-electron chi connectivity index (χ0n) is 19.4. The van der Waals surface area contributed by atoms with Crippen LogP contribution in [0.5, 0.6) is 5.75 Å². The third-order valence-corrected chi connectivity index (χ3v) is 6.28. The molecule has 186 valence electrons. The van der Waals surface area contributed by atoms with Gasteiger partial charge in [0.1, 0.15) is 23.7 Å². The van der Waals surface area contributed by atoms with Gasteiger partial charge in [0.05, 0.1) is 18.2 Å². The molecule has 0 aliphatic heterocycles. The third-order valence-electron chi connectivity index (χ3n) is 6.03. The fourth-order valence-electron chi connectivity index (χ4n) is 4.38. The largest absolute Gasteiger partial charge is 0.508 e.